The Morgan fingerprint density at radius 2 is 1.95 bits per heavy atom. The normalized spacial score (nSPS) is 26.1. The number of benzene rings is 1. The van der Waals surface area contributed by atoms with Gasteiger partial charge in [0.15, 0.2) is 0 Å². The smallest absolute Gasteiger partial charge is 0.134 e. The van der Waals surface area contributed by atoms with Gasteiger partial charge in [-0.1, -0.05) is 0 Å². The van der Waals surface area contributed by atoms with Crippen molar-refractivity contribution in [3.05, 3.63) is 23.8 Å². The van der Waals surface area contributed by atoms with E-state index in [0.717, 1.165) is 12.8 Å². The van der Waals surface area contributed by atoms with Gasteiger partial charge in [-0.25, -0.2) is 0 Å². The monoisotopic (exact) mass is 278 g/mol. The van der Waals surface area contributed by atoms with Gasteiger partial charge in [-0.05, 0) is 26.0 Å². The van der Waals surface area contributed by atoms with Crippen molar-refractivity contribution in [2.24, 2.45) is 5.73 Å². The molecule has 1 aliphatic heterocycles. The Morgan fingerprint density at radius 3 is 2.50 bits per heavy atom. The Labute approximate surface area is 119 Å². The highest BCUT2D eigenvalue weighted by atomic mass is 16.5. The molecule has 5 heteroatoms. The summed E-state index contributed by atoms with van der Waals surface area (Å²) in [5.41, 5.74) is 6.20. The fraction of sp³-hybridized carbons (Fsp3) is 0.533. The van der Waals surface area contributed by atoms with E-state index in [1.54, 1.807) is 25.3 Å². The molecule has 0 spiro atoms. The lowest BCUT2D eigenvalue weighted by atomic mass is 10.0. The second kappa shape index (κ2) is 6.13. The quantitative estimate of drug-likeness (QED) is 0.654. The summed E-state index contributed by atoms with van der Waals surface area (Å²) >= 11 is 0. The number of hydrogen-bond donors (Lipinski definition) is 2. The Kier molecular flexibility index (Phi) is 4.49. The van der Waals surface area contributed by atoms with E-state index >= 15 is 0 Å². The maximum absolute atomic E-state index is 7.63. The van der Waals surface area contributed by atoms with E-state index in [4.69, 9.17) is 25.4 Å². The zero-order valence-electron chi connectivity index (χ0n) is 12.2. The summed E-state index contributed by atoms with van der Waals surface area (Å²) < 4.78 is 17.0. The van der Waals surface area contributed by atoms with Crippen LogP contribution >= 0.6 is 0 Å². The van der Waals surface area contributed by atoms with Gasteiger partial charge in [0.05, 0.1) is 24.9 Å². The van der Waals surface area contributed by atoms with Crippen LogP contribution < -0.4 is 15.2 Å². The summed E-state index contributed by atoms with van der Waals surface area (Å²) in [5.74, 6) is 1.29. The maximum atomic E-state index is 7.63. The largest absolute Gasteiger partial charge is 0.497 e. The van der Waals surface area contributed by atoms with Crippen molar-refractivity contribution in [3.8, 4) is 11.5 Å². The fourth-order valence-corrected chi connectivity index (χ4v) is 2.57. The standard InChI is InChI=1S/C15H22N2O3/c1-9-6-12(7-10(2)19-9)20-14-8-11(18-3)4-5-13(14)15(16)17/h4-5,8-10,12H,6-7H2,1-3H3,(H3,16,17). The minimum atomic E-state index is -0.00388. The van der Waals surface area contributed by atoms with Crippen molar-refractivity contribution in [1.82, 2.24) is 0 Å². The first-order chi connectivity index (χ1) is 9.49. The molecule has 1 aromatic carbocycles. The lowest BCUT2D eigenvalue weighted by Crippen LogP contribution is -2.36. The van der Waals surface area contributed by atoms with Crippen molar-refractivity contribution in [2.75, 3.05) is 7.11 Å². The van der Waals surface area contributed by atoms with E-state index in [9.17, 15) is 0 Å². The van der Waals surface area contributed by atoms with Crippen LogP contribution in [0.5, 0.6) is 11.5 Å². The average Bonchev–Trinajstić information content (AvgIpc) is 2.37. The molecule has 110 valence electrons. The van der Waals surface area contributed by atoms with E-state index < -0.39 is 0 Å². The van der Waals surface area contributed by atoms with Crippen LogP contribution in [-0.4, -0.2) is 31.3 Å². The van der Waals surface area contributed by atoms with Gasteiger partial charge in [0.2, 0.25) is 0 Å². The Hall–Kier alpha value is -1.75. The van der Waals surface area contributed by atoms with Gasteiger partial charge in [0, 0.05) is 18.9 Å². The van der Waals surface area contributed by atoms with E-state index in [1.807, 2.05) is 13.8 Å². The van der Waals surface area contributed by atoms with Crippen LogP contribution in [0.3, 0.4) is 0 Å². The zero-order valence-corrected chi connectivity index (χ0v) is 12.2. The third-order valence-electron chi connectivity index (χ3n) is 3.43. The number of nitrogens with two attached hydrogens (primary N) is 1. The number of methoxy groups -OCH3 is 1. The molecule has 1 heterocycles. The highest BCUT2D eigenvalue weighted by Crippen LogP contribution is 2.29. The molecule has 1 fully saturated rings. The lowest BCUT2D eigenvalue weighted by Gasteiger charge is -2.32. The van der Waals surface area contributed by atoms with Crippen LogP contribution in [0.2, 0.25) is 0 Å². The van der Waals surface area contributed by atoms with Crippen molar-refractivity contribution in [2.45, 2.75) is 45.0 Å². The van der Waals surface area contributed by atoms with Gasteiger partial charge in [0.25, 0.3) is 0 Å². The summed E-state index contributed by atoms with van der Waals surface area (Å²) in [5, 5.41) is 7.63. The zero-order chi connectivity index (χ0) is 14.7. The van der Waals surface area contributed by atoms with Crippen LogP contribution in [0.1, 0.15) is 32.3 Å². The summed E-state index contributed by atoms with van der Waals surface area (Å²) in [7, 11) is 1.60. The van der Waals surface area contributed by atoms with Crippen LogP contribution in [0.15, 0.2) is 18.2 Å². The van der Waals surface area contributed by atoms with Crippen LogP contribution in [0.4, 0.5) is 0 Å². The number of rotatable bonds is 4. The third kappa shape index (κ3) is 3.42. The van der Waals surface area contributed by atoms with Gasteiger partial charge < -0.3 is 19.9 Å². The van der Waals surface area contributed by atoms with Crippen molar-refractivity contribution >= 4 is 5.84 Å². The minimum absolute atomic E-state index is 0.00388. The molecule has 2 atom stereocenters. The van der Waals surface area contributed by atoms with Gasteiger partial charge in [-0.15, -0.1) is 0 Å². The van der Waals surface area contributed by atoms with Crippen LogP contribution in [-0.2, 0) is 4.74 Å². The molecular formula is C15H22N2O3. The highest BCUT2D eigenvalue weighted by Gasteiger charge is 2.26. The molecule has 0 aliphatic carbocycles. The highest BCUT2D eigenvalue weighted by molar-refractivity contribution is 5.97. The predicted molar refractivity (Wildman–Crippen MR) is 77.7 cm³/mol. The summed E-state index contributed by atoms with van der Waals surface area (Å²) in [4.78, 5) is 0. The molecule has 2 rings (SSSR count). The van der Waals surface area contributed by atoms with Crippen molar-refractivity contribution in [1.29, 1.82) is 5.41 Å². The van der Waals surface area contributed by atoms with Gasteiger partial charge >= 0.3 is 0 Å². The molecule has 5 nitrogen and oxygen atoms in total. The number of amidine groups is 1. The third-order valence-corrected chi connectivity index (χ3v) is 3.43. The molecule has 0 radical (unpaired) electrons. The number of ether oxygens (including phenoxy) is 3. The molecule has 0 aromatic heterocycles. The van der Waals surface area contributed by atoms with Gasteiger partial charge in [0.1, 0.15) is 23.4 Å². The molecule has 3 N–H and O–H groups in total. The molecule has 0 amide bonds. The Morgan fingerprint density at radius 1 is 1.30 bits per heavy atom. The number of nitrogen functional groups attached to an aromatic ring is 1. The first-order valence-corrected chi connectivity index (χ1v) is 6.84. The van der Waals surface area contributed by atoms with E-state index in [0.29, 0.717) is 17.1 Å². The molecule has 1 aromatic rings. The molecular weight excluding hydrogens is 256 g/mol. The van der Waals surface area contributed by atoms with E-state index in [2.05, 4.69) is 0 Å². The second-order valence-corrected chi connectivity index (χ2v) is 5.24. The summed E-state index contributed by atoms with van der Waals surface area (Å²) in [6, 6.07) is 5.31. The van der Waals surface area contributed by atoms with Crippen LogP contribution in [0, 0.1) is 5.41 Å². The first-order valence-electron chi connectivity index (χ1n) is 6.84. The molecule has 20 heavy (non-hydrogen) atoms. The maximum Gasteiger partial charge on any atom is 0.134 e. The SMILES string of the molecule is COc1ccc(C(=N)N)c(OC2CC(C)OC(C)C2)c1. The minimum Gasteiger partial charge on any atom is -0.497 e. The molecule has 1 aliphatic rings. The first kappa shape index (κ1) is 14.7. The van der Waals surface area contributed by atoms with Crippen molar-refractivity contribution < 1.29 is 14.2 Å². The van der Waals surface area contributed by atoms with Gasteiger partial charge in [-0.2, -0.15) is 0 Å². The summed E-state index contributed by atoms with van der Waals surface area (Å²) in [6.45, 7) is 4.09. The Bertz CT molecular complexity index is 480. The number of hydrogen-bond acceptors (Lipinski definition) is 4. The van der Waals surface area contributed by atoms with E-state index in [1.165, 1.54) is 0 Å². The summed E-state index contributed by atoms with van der Waals surface area (Å²) in [6.07, 6.45) is 2.09. The van der Waals surface area contributed by atoms with Crippen LogP contribution in [0.25, 0.3) is 0 Å². The second-order valence-electron chi connectivity index (χ2n) is 5.24. The Balaban J connectivity index is 2.20. The molecule has 1 saturated heterocycles. The average molecular weight is 278 g/mol. The molecule has 0 saturated carbocycles. The fourth-order valence-electron chi connectivity index (χ4n) is 2.57. The lowest BCUT2D eigenvalue weighted by molar-refractivity contribution is -0.0721. The van der Waals surface area contributed by atoms with Gasteiger partial charge in [-0.3, -0.25) is 5.41 Å². The van der Waals surface area contributed by atoms with Crippen molar-refractivity contribution in [3.63, 3.8) is 0 Å². The molecule has 0 bridgehead atoms. The topological polar surface area (TPSA) is 77.6 Å². The van der Waals surface area contributed by atoms with E-state index in [-0.39, 0.29) is 24.1 Å². The molecule has 2 unspecified atom stereocenters. The number of nitrogens with one attached hydrogen (secondary N) is 1. The predicted octanol–water partition coefficient (Wildman–Crippen LogP) is 2.31.